The molecule has 1 unspecified atom stereocenters. The lowest BCUT2D eigenvalue weighted by Gasteiger charge is -2.35. The molecule has 0 aliphatic carbocycles. The minimum Gasteiger partial charge on any atom is -0.356 e. The average molecular weight is 444 g/mol. The van der Waals surface area contributed by atoms with Crippen LogP contribution in [-0.2, 0) is 13.0 Å². The maximum Gasteiger partial charge on any atom is 0.266 e. The third-order valence-electron chi connectivity index (χ3n) is 6.59. The largest absolute Gasteiger partial charge is 0.356 e. The molecule has 1 atom stereocenters. The molecule has 2 aliphatic rings. The molecule has 0 radical (unpaired) electrons. The molecule has 3 aromatic heterocycles. The standard InChI is InChI=1S/C25H25N5OS/c31-25(21-15-27-22(32-21)16-29-12-5-6-13-29)30-14-10-18-17-7-1-2-8-19(17)28-23(18)24(30)20-9-3-4-11-26-20/h1-4,7-9,11,15,24,28H,5-6,10,12-14,16H2. The Bertz CT molecular complexity index is 1260. The van der Waals surface area contributed by atoms with Crippen LogP contribution in [0.2, 0.25) is 0 Å². The van der Waals surface area contributed by atoms with Gasteiger partial charge in [0.1, 0.15) is 15.9 Å². The molecule has 0 bridgehead atoms. The first-order chi connectivity index (χ1) is 15.8. The molecule has 1 N–H and O–H groups in total. The highest BCUT2D eigenvalue weighted by Crippen LogP contribution is 2.38. The Morgan fingerprint density at radius 3 is 2.75 bits per heavy atom. The van der Waals surface area contributed by atoms with Crippen LogP contribution in [0.5, 0.6) is 0 Å². The van der Waals surface area contributed by atoms with Gasteiger partial charge in [0.25, 0.3) is 5.91 Å². The van der Waals surface area contributed by atoms with E-state index >= 15 is 0 Å². The lowest BCUT2D eigenvalue weighted by Crippen LogP contribution is -2.40. The van der Waals surface area contributed by atoms with Crippen molar-refractivity contribution in [2.75, 3.05) is 19.6 Å². The fraction of sp³-hybridized carbons (Fsp3) is 0.320. The Morgan fingerprint density at radius 1 is 1.06 bits per heavy atom. The van der Waals surface area contributed by atoms with E-state index in [1.54, 1.807) is 12.4 Å². The van der Waals surface area contributed by atoms with Crippen LogP contribution in [-0.4, -0.2) is 50.3 Å². The number of nitrogens with zero attached hydrogens (tertiary/aromatic N) is 4. The average Bonchev–Trinajstić information content (AvgIpc) is 3.59. The summed E-state index contributed by atoms with van der Waals surface area (Å²) in [5.74, 6) is 0.0372. The van der Waals surface area contributed by atoms with Gasteiger partial charge in [-0.1, -0.05) is 24.3 Å². The number of amides is 1. The second-order valence-electron chi connectivity index (χ2n) is 8.57. The zero-order valence-electron chi connectivity index (χ0n) is 17.8. The molecule has 5 heterocycles. The maximum absolute atomic E-state index is 13.7. The molecule has 2 aliphatic heterocycles. The van der Waals surface area contributed by atoms with Crippen LogP contribution in [0.3, 0.4) is 0 Å². The predicted molar refractivity (Wildman–Crippen MR) is 126 cm³/mol. The van der Waals surface area contributed by atoms with Crippen LogP contribution in [0.1, 0.15) is 50.5 Å². The molecule has 1 saturated heterocycles. The van der Waals surface area contributed by atoms with E-state index in [1.165, 1.54) is 35.1 Å². The lowest BCUT2D eigenvalue weighted by molar-refractivity contribution is 0.0693. The highest BCUT2D eigenvalue weighted by molar-refractivity contribution is 7.13. The number of rotatable bonds is 4. The number of pyridine rings is 1. The smallest absolute Gasteiger partial charge is 0.266 e. The monoisotopic (exact) mass is 443 g/mol. The zero-order chi connectivity index (χ0) is 21.5. The number of hydrogen-bond donors (Lipinski definition) is 1. The summed E-state index contributed by atoms with van der Waals surface area (Å²) in [6.07, 6.45) is 6.89. The molecule has 6 rings (SSSR count). The predicted octanol–water partition coefficient (Wildman–Crippen LogP) is 4.40. The van der Waals surface area contributed by atoms with Gasteiger partial charge < -0.3 is 9.88 Å². The molecule has 1 amide bonds. The molecule has 0 saturated carbocycles. The van der Waals surface area contributed by atoms with Crippen molar-refractivity contribution in [1.29, 1.82) is 0 Å². The second kappa shape index (κ2) is 8.15. The molecule has 32 heavy (non-hydrogen) atoms. The number of fused-ring (bicyclic) bond motifs is 3. The molecule has 1 fully saturated rings. The van der Waals surface area contributed by atoms with Gasteiger partial charge in [0, 0.05) is 29.3 Å². The third kappa shape index (κ3) is 3.42. The van der Waals surface area contributed by atoms with E-state index in [9.17, 15) is 4.79 Å². The van der Waals surface area contributed by atoms with Gasteiger partial charge in [-0.3, -0.25) is 14.7 Å². The Hall–Kier alpha value is -3.03. The Morgan fingerprint density at radius 2 is 1.91 bits per heavy atom. The summed E-state index contributed by atoms with van der Waals surface area (Å²) in [6.45, 7) is 3.75. The van der Waals surface area contributed by atoms with Crippen molar-refractivity contribution < 1.29 is 4.79 Å². The van der Waals surface area contributed by atoms with E-state index in [0.717, 1.165) is 48.0 Å². The fourth-order valence-corrected chi connectivity index (χ4v) is 5.98. The highest BCUT2D eigenvalue weighted by Gasteiger charge is 2.36. The van der Waals surface area contributed by atoms with Crippen molar-refractivity contribution in [2.45, 2.75) is 31.8 Å². The van der Waals surface area contributed by atoms with Crippen molar-refractivity contribution >= 4 is 28.1 Å². The third-order valence-corrected chi connectivity index (χ3v) is 7.56. The number of para-hydroxylation sites is 1. The minimum atomic E-state index is -0.232. The SMILES string of the molecule is O=C(c1cnc(CN2CCCC2)s1)N1CCc2c([nH]c3ccccc23)C1c1ccccn1. The van der Waals surface area contributed by atoms with Gasteiger partial charge in [-0.05, 0) is 56.1 Å². The van der Waals surface area contributed by atoms with Crippen molar-refractivity contribution in [3.8, 4) is 0 Å². The number of nitrogens with one attached hydrogen (secondary N) is 1. The number of hydrogen-bond acceptors (Lipinski definition) is 5. The lowest BCUT2D eigenvalue weighted by atomic mass is 9.94. The Balaban J connectivity index is 1.36. The first kappa shape index (κ1) is 19.6. The van der Waals surface area contributed by atoms with E-state index in [1.807, 2.05) is 29.2 Å². The number of aromatic nitrogens is 3. The molecule has 0 spiro atoms. The van der Waals surface area contributed by atoms with E-state index in [0.29, 0.717) is 11.4 Å². The first-order valence-electron chi connectivity index (χ1n) is 11.3. The van der Waals surface area contributed by atoms with Gasteiger partial charge >= 0.3 is 0 Å². The number of benzene rings is 1. The van der Waals surface area contributed by atoms with Crippen LogP contribution >= 0.6 is 11.3 Å². The molecule has 162 valence electrons. The first-order valence-corrected chi connectivity index (χ1v) is 12.1. The van der Waals surface area contributed by atoms with Gasteiger partial charge in [-0.15, -0.1) is 11.3 Å². The van der Waals surface area contributed by atoms with Crippen LogP contribution in [0, 0.1) is 0 Å². The summed E-state index contributed by atoms with van der Waals surface area (Å²) in [6, 6.07) is 14.1. The Labute approximate surface area is 190 Å². The van der Waals surface area contributed by atoms with Crippen LogP contribution in [0.4, 0.5) is 0 Å². The summed E-state index contributed by atoms with van der Waals surface area (Å²) in [7, 11) is 0. The fourth-order valence-electron chi connectivity index (χ4n) is 5.06. The summed E-state index contributed by atoms with van der Waals surface area (Å²) < 4.78 is 0. The topological polar surface area (TPSA) is 65.1 Å². The quantitative estimate of drug-likeness (QED) is 0.508. The van der Waals surface area contributed by atoms with Gasteiger partial charge in [-0.2, -0.15) is 0 Å². The molecular weight excluding hydrogens is 418 g/mol. The zero-order valence-corrected chi connectivity index (χ0v) is 18.6. The van der Waals surface area contributed by atoms with Gasteiger partial charge in [-0.25, -0.2) is 4.98 Å². The van der Waals surface area contributed by atoms with Crippen molar-refractivity contribution in [2.24, 2.45) is 0 Å². The van der Waals surface area contributed by atoms with E-state index < -0.39 is 0 Å². The highest BCUT2D eigenvalue weighted by atomic mass is 32.1. The van der Waals surface area contributed by atoms with Crippen LogP contribution in [0.25, 0.3) is 10.9 Å². The van der Waals surface area contributed by atoms with Gasteiger partial charge in [0.15, 0.2) is 0 Å². The van der Waals surface area contributed by atoms with Gasteiger partial charge in [0.2, 0.25) is 0 Å². The summed E-state index contributed by atoms with van der Waals surface area (Å²) >= 11 is 1.53. The molecule has 4 aromatic rings. The number of aromatic amines is 1. The van der Waals surface area contributed by atoms with E-state index in [4.69, 9.17) is 0 Å². The number of likely N-dealkylation sites (tertiary alicyclic amines) is 1. The summed E-state index contributed by atoms with van der Waals surface area (Å²) in [5.41, 5.74) is 4.36. The summed E-state index contributed by atoms with van der Waals surface area (Å²) in [4.78, 5) is 31.6. The van der Waals surface area contributed by atoms with Crippen LogP contribution < -0.4 is 0 Å². The number of carbonyl (C=O) groups is 1. The molecular formula is C25H25N5OS. The van der Waals surface area contributed by atoms with E-state index in [2.05, 4.69) is 38.1 Å². The molecule has 1 aromatic carbocycles. The summed E-state index contributed by atoms with van der Waals surface area (Å²) in [5, 5.41) is 2.26. The van der Waals surface area contributed by atoms with Crippen molar-refractivity contribution in [3.05, 3.63) is 81.7 Å². The number of thiazole rings is 1. The number of H-pyrrole nitrogens is 1. The van der Waals surface area contributed by atoms with Gasteiger partial charge in [0.05, 0.1) is 18.4 Å². The Kier molecular flexibility index (Phi) is 5.00. The van der Waals surface area contributed by atoms with Crippen molar-refractivity contribution in [3.63, 3.8) is 0 Å². The maximum atomic E-state index is 13.7. The van der Waals surface area contributed by atoms with Crippen molar-refractivity contribution in [1.82, 2.24) is 24.8 Å². The van der Waals surface area contributed by atoms with Crippen LogP contribution in [0.15, 0.2) is 54.9 Å². The molecule has 6 nitrogen and oxygen atoms in total. The minimum absolute atomic E-state index is 0.0372. The molecule has 7 heteroatoms. The van der Waals surface area contributed by atoms with E-state index in [-0.39, 0.29) is 11.9 Å². The normalized spacial score (nSPS) is 18.9. The second-order valence-corrected chi connectivity index (χ2v) is 9.69. The number of carbonyl (C=O) groups excluding carboxylic acids is 1.